The van der Waals surface area contributed by atoms with Crippen LogP contribution in [0.5, 0.6) is 0 Å². The van der Waals surface area contributed by atoms with Gasteiger partial charge in [0.05, 0.1) is 6.42 Å². The summed E-state index contributed by atoms with van der Waals surface area (Å²) in [5.74, 6) is 0. The van der Waals surface area contributed by atoms with Crippen LogP contribution in [0.15, 0.2) is 0 Å². The molecule has 1 saturated heterocycles. The summed E-state index contributed by atoms with van der Waals surface area (Å²) >= 11 is 0. The molecular formula is C8H15F3N2. The second kappa shape index (κ2) is 4.28. The molecular weight excluding hydrogens is 181 g/mol. The third-order valence-electron chi connectivity index (χ3n) is 2.34. The highest BCUT2D eigenvalue weighted by molar-refractivity contribution is 4.74. The van der Waals surface area contributed by atoms with Crippen LogP contribution in [0, 0.1) is 0 Å². The Morgan fingerprint density at radius 3 is 2.23 bits per heavy atom. The van der Waals surface area contributed by atoms with E-state index in [9.17, 15) is 13.2 Å². The van der Waals surface area contributed by atoms with E-state index in [1.807, 2.05) is 4.90 Å². The van der Waals surface area contributed by atoms with Crippen LogP contribution in [-0.4, -0.2) is 36.8 Å². The van der Waals surface area contributed by atoms with Gasteiger partial charge in [-0.3, -0.25) is 0 Å². The molecule has 0 aromatic rings. The lowest BCUT2D eigenvalue weighted by atomic mass is 10.1. The van der Waals surface area contributed by atoms with Gasteiger partial charge in [-0.05, 0) is 25.9 Å². The maximum Gasteiger partial charge on any atom is 0.390 e. The number of rotatable bonds is 2. The van der Waals surface area contributed by atoms with E-state index in [1.54, 1.807) is 0 Å². The van der Waals surface area contributed by atoms with Crippen molar-refractivity contribution in [2.75, 3.05) is 19.6 Å². The van der Waals surface area contributed by atoms with Crippen LogP contribution in [-0.2, 0) is 0 Å². The molecule has 0 aromatic carbocycles. The topological polar surface area (TPSA) is 29.3 Å². The van der Waals surface area contributed by atoms with E-state index in [-0.39, 0.29) is 12.6 Å². The van der Waals surface area contributed by atoms with Crippen LogP contribution >= 0.6 is 0 Å². The summed E-state index contributed by atoms with van der Waals surface area (Å²) in [6.45, 7) is 1.53. The average molecular weight is 196 g/mol. The Bertz CT molecular complexity index is 150. The maximum absolute atomic E-state index is 11.8. The molecule has 78 valence electrons. The number of alkyl halides is 3. The number of hydrogen-bond acceptors (Lipinski definition) is 2. The molecule has 1 rings (SSSR count). The Hall–Kier alpha value is -0.290. The first-order valence-electron chi connectivity index (χ1n) is 4.52. The zero-order valence-corrected chi connectivity index (χ0v) is 7.48. The molecule has 2 N–H and O–H groups in total. The minimum atomic E-state index is -4.03. The average Bonchev–Trinajstić information content (AvgIpc) is 2.02. The molecule has 0 amide bonds. The van der Waals surface area contributed by atoms with Gasteiger partial charge in [0, 0.05) is 12.6 Å². The molecule has 0 radical (unpaired) electrons. The molecule has 0 bridgehead atoms. The summed E-state index contributed by atoms with van der Waals surface area (Å²) in [5, 5.41) is 0. The lowest BCUT2D eigenvalue weighted by Crippen LogP contribution is -2.40. The SMILES string of the molecule is NC1CCN(CCC(F)(F)F)CC1. The van der Waals surface area contributed by atoms with E-state index < -0.39 is 12.6 Å². The van der Waals surface area contributed by atoms with Crippen LogP contribution in [0.2, 0.25) is 0 Å². The smallest absolute Gasteiger partial charge is 0.328 e. The molecule has 13 heavy (non-hydrogen) atoms. The fraction of sp³-hybridized carbons (Fsp3) is 1.00. The van der Waals surface area contributed by atoms with E-state index in [0.29, 0.717) is 13.1 Å². The summed E-state index contributed by atoms with van der Waals surface area (Å²) < 4.78 is 35.5. The first kappa shape index (κ1) is 10.8. The molecule has 1 aliphatic rings. The van der Waals surface area contributed by atoms with Crippen LogP contribution in [0.4, 0.5) is 13.2 Å². The van der Waals surface area contributed by atoms with Gasteiger partial charge in [0.1, 0.15) is 0 Å². The highest BCUT2D eigenvalue weighted by atomic mass is 19.4. The van der Waals surface area contributed by atoms with Crippen molar-refractivity contribution in [3.8, 4) is 0 Å². The van der Waals surface area contributed by atoms with Gasteiger partial charge in [-0.25, -0.2) is 0 Å². The Labute approximate surface area is 75.9 Å². The summed E-state index contributed by atoms with van der Waals surface area (Å²) in [5.41, 5.74) is 5.63. The van der Waals surface area contributed by atoms with Gasteiger partial charge in [0.15, 0.2) is 0 Å². The lowest BCUT2D eigenvalue weighted by molar-refractivity contribution is -0.138. The quantitative estimate of drug-likeness (QED) is 0.722. The van der Waals surface area contributed by atoms with Gasteiger partial charge in [-0.2, -0.15) is 13.2 Å². The largest absolute Gasteiger partial charge is 0.390 e. The second-order valence-corrected chi connectivity index (χ2v) is 3.54. The third kappa shape index (κ3) is 4.47. The highest BCUT2D eigenvalue weighted by Crippen LogP contribution is 2.20. The molecule has 1 aliphatic heterocycles. The van der Waals surface area contributed by atoms with Gasteiger partial charge in [-0.1, -0.05) is 0 Å². The molecule has 1 fully saturated rings. The van der Waals surface area contributed by atoms with Crippen molar-refractivity contribution in [3.05, 3.63) is 0 Å². The van der Waals surface area contributed by atoms with Crippen LogP contribution in [0.3, 0.4) is 0 Å². The number of nitrogens with zero attached hydrogens (tertiary/aromatic N) is 1. The van der Waals surface area contributed by atoms with Crippen LogP contribution < -0.4 is 5.73 Å². The minimum absolute atomic E-state index is 0.121. The van der Waals surface area contributed by atoms with Gasteiger partial charge in [-0.15, -0.1) is 0 Å². The summed E-state index contributed by atoms with van der Waals surface area (Å²) in [7, 11) is 0. The number of nitrogens with two attached hydrogens (primary N) is 1. The standard InChI is InChI=1S/C8H15F3N2/c9-8(10,11)3-6-13-4-1-7(12)2-5-13/h7H,1-6,12H2. The van der Waals surface area contributed by atoms with Gasteiger partial charge < -0.3 is 10.6 Å². The monoisotopic (exact) mass is 196 g/mol. The predicted molar refractivity (Wildman–Crippen MR) is 44.3 cm³/mol. The third-order valence-corrected chi connectivity index (χ3v) is 2.34. The molecule has 2 nitrogen and oxygen atoms in total. The zero-order chi connectivity index (χ0) is 9.90. The minimum Gasteiger partial charge on any atom is -0.328 e. The number of hydrogen-bond donors (Lipinski definition) is 1. The van der Waals surface area contributed by atoms with E-state index in [4.69, 9.17) is 5.73 Å². The van der Waals surface area contributed by atoms with Crippen molar-refractivity contribution in [1.29, 1.82) is 0 Å². The van der Waals surface area contributed by atoms with Gasteiger partial charge >= 0.3 is 6.18 Å². The molecule has 0 unspecified atom stereocenters. The van der Waals surface area contributed by atoms with E-state index >= 15 is 0 Å². The molecule has 0 aliphatic carbocycles. The Morgan fingerprint density at radius 1 is 1.23 bits per heavy atom. The van der Waals surface area contributed by atoms with E-state index in [1.165, 1.54) is 0 Å². The van der Waals surface area contributed by atoms with Gasteiger partial charge in [0.2, 0.25) is 0 Å². The Balaban J connectivity index is 2.16. The summed E-state index contributed by atoms with van der Waals surface area (Å²) in [6.07, 6.45) is -3.10. The molecule has 5 heteroatoms. The zero-order valence-electron chi connectivity index (χ0n) is 7.48. The molecule has 1 heterocycles. The summed E-state index contributed by atoms with van der Waals surface area (Å²) in [4.78, 5) is 1.83. The first-order valence-corrected chi connectivity index (χ1v) is 4.52. The van der Waals surface area contributed by atoms with Crippen molar-refractivity contribution in [2.24, 2.45) is 5.73 Å². The van der Waals surface area contributed by atoms with Crippen LogP contribution in [0.1, 0.15) is 19.3 Å². The van der Waals surface area contributed by atoms with Crippen LogP contribution in [0.25, 0.3) is 0 Å². The fourth-order valence-electron chi connectivity index (χ4n) is 1.46. The summed E-state index contributed by atoms with van der Waals surface area (Å²) in [6, 6.07) is 0.183. The normalized spacial score (nSPS) is 22.2. The van der Waals surface area contributed by atoms with Crippen molar-refractivity contribution in [2.45, 2.75) is 31.5 Å². The maximum atomic E-state index is 11.8. The Morgan fingerprint density at radius 2 is 1.77 bits per heavy atom. The number of piperidine rings is 1. The van der Waals surface area contributed by atoms with Crippen molar-refractivity contribution in [1.82, 2.24) is 4.90 Å². The molecule has 0 atom stereocenters. The number of likely N-dealkylation sites (tertiary alicyclic amines) is 1. The molecule has 0 spiro atoms. The van der Waals surface area contributed by atoms with E-state index in [0.717, 1.165) is 12.8 Å². The number of halogens is 3. The molecule has 0 saturated carbocycles. The fourth-order valence-corrected chi connectivity index (χ4v) is 1.46. The second-order valence-electron chi connectivity index (χ2n) is 3.54. The first-order chi connectivity index (χ1) is 5.97. The van der Waals surface area contributed by atoms with Gasteiger partial charge in [0.25, 0.3) is 0 Å². The predicted octanol–water partition coefficient (Wildman–Crippen LogP) is 1.36. The van der Waals surface area contributed by atoms with Crippen molar-refractivity contribution < 1.29 is 13.2 Å². The highest BCUT2D eigenvalue weighted by Gasteiger charge is 2.28. The Kier molecular flexibility index (Phi) is 3.55. The van der Waals surface area contributed by atoms with E-state index in [2.05, 4.69) is 0 Å². The molecule has 0 aromatic heterocycles. The van der Waals surface area contributed by atoms with Crippen molar-refractivity contribution >= 4 is 0 Å². The van der Waals surface area contributed by atoms with Crippen molar-refractivity contribution in [3.63, 3.8) is 0 Å². The lowest BCUT2D eigenvalue weighted by Gasteiger charge is -2.30.